The minimum atomic E-state index is -0.345. The van der Waals surface area contributed by atoms with Crippen LogP contribution in [0.25, 0.3) is 0 Å². The highest BCUT2D eigenvalue weighted by molar-refractivity contribution is 5.96. The van der Waals surface area contributed by atoms with Gasteiger partial charge in [0.15, 0.2) is 0 Å². The lowest BCUT2D eigenvalue weighted by Crippen LogP contribution is -2.35. The molecule has 4 nitrogen and oxygen atoms in total. The topological polar surface area (TPSA) is 55.6 Å². The molecule has 0 saturated carbocycles. The summed E-state index contributed by atoms with van der Waals surface area (Å²) in [5.74, 6) is 0.425. The Balaban J connectivity index is 2.16. The Morgan fingerprint density at radius 3 is 3.00 bits per heavy atom. The molecular formula is C16H24N2O2. The van der Waals surface area contributed by atoms with Crippen LogP contribution in [-0.2, 0) is 11.3 Å². The summed E-state index contributed by atoms with van der Waals surface area (Å²) in [5, 5.41) is 0. The van der Waals surface area contributed by atoms with Crippen LogP contribution in [0.1, 0.15) is 42.1 Å². The lowest BCUT2D eigenvalue weighted by molar-refractivity contribution is 0.0598. The number of carbonyl (C=O) groups excluding carboxylic acids is 1. The third-order valence-electron chi connectivity index (χ3n) is 4.15. The highest BCUT2D eigenvalue weighted by Crippen LogP contribution is 2.24. The van der Waals surface area contributed by atoms with Gasteiger partial charge in [-0.3, -0.25) is 4.90 Å². The van der Waals surface area contributed by atoms with Crippen molar-refractivity contribution >= 4 is 11.7 Å². The number of benzene rings is 1. The molecule has 1 atom stereocenters. The van der Waals surface area contributed by atoms with Gasteiger partial charge in [0.2, 0.25) is 0 Å². The van der Waals surface area contributed by atoms with Gasteiger partial charge in [-0.1, -0.05) is 25.5 Å². The number of anilines is 1. The average molecular weight is 276 g/mol. The van der Waals surface area contributed by atoms with Crippen molar-refractivity contribution in [2.75, 3.05) is 25.9 Å². The van der Waals surface area contributed by atoms with E-state index in [9.17, 15) is 4.79 Å². The number of piperidine rings is 1. The van der Waals surface area contributed by atoms with Gasteiger partial charge in [0.05, 0.1) is 12.7 Å². The first-order chi connectivity index (χ1) is 9.65. The zero-order valence-corrected chi connectivity index (χ0v) is 12.4. The Morgan fingerprint density at radius 1 is 1.50 bits per heavy atom. The number of ether oxygens (including phenoxy) is 1. The van der Waals surface area contributed by atoms with Gasteiger partial charge in [0.25, 0.3) is 0 Å². The number of methoxy groups -OCH3 is 1. The van der Waals surface area contributed by atoms with Crippen LogP contribution in [0.3, 0.4) is 0 Å². The van der Waals surface area contributed by atoms with E-state index in [1.165, 1.54) is 26.4 Å². The molecule has 1 aliphatic rings. The van der Waals surface area contributed by atoms with E-state index in [2.05, 4.69) is 11.8 Å². The summed E-state index contributed by atoms with van der Waals surface area (Å²) in [6.45, 7) is 5.21. The third kappa shape index (κ3) is 3.31. The maximum Gasteiger partial charge on any atom is 0.340 e. The van der Waals surface area contributed by atoms with Gasteiger partial charge in [0, 0.05) is 18.8 Å². The van der Waals surface area contributed by atoms with Crippen LogP contribution in [0.5, 0.6) is 0 Å². The van der Waals surface area contributed by atoms with Gasteiger partial charge in [0.1, 0.15) is 0 Å². The second kappa shape index (κ2) is 6.75. The molecular weight excluding hydrogens is 252 g/mol. The number of carbonyl (C=O) groups is 1. The Hall–Kier alpha value is -1.55. The van der Waals surface area contributed by atoms with Crippen molar-refractivity contribution in [3.05, 3.63) is 29.3 Å². The summed E-state index contributed by atoms with van der Waals surface area (Å²) in [6, 6.07) is 5.62. The molecule has 0 spiro atoms. The van der Waals surface area contributed by atoms with Crippen molar-refractivity contribution in [1.82, 2.24) is 4.90 Å². The van der Waals surface area contributed by atoms with Gasteiger partial charge in [-0.2, -0.15) is 0 Å². The molecule has 2 rings (SSSR count). The summed E-state index contributed by atoms with van der Waals surface area (Å²) in [6.07, 6.45) is 3.76. The molecule has 0 amide bonds. The van der Waals surface area contributed by atoms with Crippen LogP contribution >= 0.6 is 0 Å². The predicted octanol–water partition coefficient (Wildman–Crippen LogP) is 2.68. The fourth-order valence-corrected chi connectivity index (χ4v) is 2.97. The molecule has 2 N–H and O–H groups in total. The fraction of sp³-hybridized carbons (Fsp3) is 0.562. The van der Waals surface area contributed by atoms with Gasteiger partial charge >= 0.3 is 5.97 Å². The van der Waals surface area contributed by atoms with E-state index in [-0.39, 0.29) is 5.97 Å². The predicted molar refractivity (Wildman–Crippen MR) is 80.5 cm³/mol. The highest BCUT2D eigenvalue weighted by atomic mass is 16.5. The molecule has 1 heterocycles. The molecule has 110 valence electrons. The summed E-state index contributed by atoms with van der Waals surface area (Å²) < 4.78 is 4.85. The minimum absolute atomic E-state index is 0.345. The van der Waals surface area contributed by atoms with Crippen LogP contribution in [0.15, 0.2) is 18.2 Å². The number of esters is 1. The maximum absolute atomic E-state index is 11.9. The van der Waals surface area contributed by atoms with E-state index in [4.69, 9.17) is 10.5 Å². The lowest BCUT2D eigenvalue weighted by atomic mass is 9.95. The molecule has 20 heavy (non-hydrogen) atoms. The van der Waals surface area contributed by atoms with Gasteiger partial charge in [-0.25, -0.2) is 4.79 Å². The molecule has 1 fully saturated rings. The average Bonchev–Trinajstić information content (AvgIpc) is 2.47. The van der Waals surface area contributed by atoms with Crippen molar-refractivity contribution < 1.29 is 9.53 Å². The number of hydrogen-bond acceptors (Lipinski definition) is 4. The minimum Gasteiger partial charge on any atom is -0.465 e. The lowest BCUT2D eigenvalue weighted by Gasteiger charge is -2.32. The van der Waals surface area contributed by atoms with Crippen molar-refractivity contribution in [2.24, 2.45) is 5.92 Å². The molecule has 1 aliphatic heterocycles. The van der Waals surface area contributed by atoms with Crippen LogP contribution in [0, 0.1) is 5.92 Å². The maximum atomic E-state index is 11.9. The van der Waals surface area contributed by atoms with Crippen molar-refractivity contribution in [3.63, 3.8) is 0 Å². The van der Waals surface area contributed by atoms with Gasteiger partial charge < -0.3 is 10.5 Å². The van der Waals surface area contributed by atoms with Crippen LogP contribution in [0.4, 0.5) is 5.69 Å². The number of likely N-dealkylation sites (tertiary alicyclic amines) is 1. The van der Waals surface area contributed by atoms with Crippen molar-refractivity contribution in [1.29, 1.82) is 0 Å². The summed E-state index contributed by atoms with van der Waals surface area (Å²) in [5.41, 5.74) is 7.92. The molecule has 1 saturated heterocycles. The first kappa shape index (κ1) is 14.9. The highest BCUT2D eigenvalue weighted by Gasteiger charge is 2.21. The third-order valence-corrected chi connectivity index (χ3v) is 4.15. The molecule has 0 radical (unpaired) electrons. The normalized spacial score (nSPS) is 19.8. The number of nitrogens with zero attached hydrogens (tertiary/aromatic N) is 1. The zero-order valence-electron chi connectivity index (χ0n) is 12.4. The molecule has 4 heteroatoms. The molecule has 0 aliphatic carbocycles. The fourth-order valence-electron chi connectivity index (χ4n) is 2.97. The number of rotatable bonds is 4. The van der Waals surface area contributed by atoms with E-state index >= 15 is 0 Å². The summed E-state index contributed by atoms with van der Waals surface area (Å²) >= 11 is 0. The molecule has 1 aromatic carbocycles. The number of nitrogens with two attached hydrogens (primary N) is 1. The van der Waals surface area contributed by atoms with E-state index in [0.29, 0.717) is 11.3 Å². The molecule has 1 unspecified atom stereocenters. The molecule has 1 aromatic rings. The number of hydrogen-bond donors (Lipinski definition) is 1. The number of nitrogen functional groups attached to an aromatic ring is 1. The van der Waals surface area contributed by atoms with Crippen LogP contribution < -0.4 is 5.73 Å². The van der Waals surface area contributed by atoms with Gasteiger partial charge in [-0.15, -0.1) is 0 Å². The largest absolute Gasteiger partial charge is 0.465 e. The second-order valence-electron chi connectivity index (χ2n) is 5.52. The van der Waals surface area contributed by atoms with Gasteiger partial charge in [-0.05, 0) is 36.9 Å². The first-order valence-electron chi connectivity index (χ1n) is 7.33. The Morgan fingerprint density at radius 2 is 2.30 bits per heavy atom. The van der Waals surface area contributed by atoms with E-state index in [1.54, 1.807) is 6.07 Å². The van der Waals surface area contributed by atoms with E-state index in [1.807, 2.05) is 12.1 Å². The molecule has 0 bridgehead atoms. The second-order valence-corrected chi connectivity index (χ2v) is 5.52. The summed E-state index contributed by atoms with van der Waals surface area (Å²) in [7, 11) is 1.40. The monoisotopic (exact) mass is 276 g/mol. The Kier molecular flexibility index (Phi) is 5.01. The summed E-state index contributed by atoms with van der Waals surface area (Å²) in [4.78, 5) is 14.3. The molecule has 0 aromatic heterocycles. The Labute approximate surface area is 120 Å². The van der Waals surface area contributed by atoms with E-state index < -0.39 is 0 Å². The standard InChI is InChI=1S/C16H24N2O2/c1-3-12-6-5-9-18(10-12)11-13-7-4-8-14(17)15(13)16(19)20-2/h4,7-8,12H,3,5-6,9-11,17H2,1-2H3. The zero-order chi connectivity index (χ0) is 14.5. The quantitative estimate of drug-likeness (QED) is 0.678. The Bertz CT molecular complexity index is 474. The van der Waals surface area contributed by atoms with Crippen molar-refractivity contribution in [3.8, 4) is 0 Å². The SMILES string of the molecule is CCC1CCCN(Cc2cccc(N)c2C(=O)OC)C1. The smallest absolute Gasteiger partial charge is 0.340 e. The van der Waals surface area contributed by atoms with Crippen LogP contribution in [0.2, 0.25) is 0 Å². The van der Waals surface area contributed by atoms with Crippen LogP contribution in [-0.4, -0.2) is 31.1 Å². The first-order valence-corrected chi connectivity index (χ1v) is 7.33. The van der Waals surface area contributed by atoms with E-state index in [0.717, 1.165) is 31.1 Å². The van der Waals surface area contributed by atoms with Crippen molar-refractivity contribution in [2.45, 2.75) is 32.7 Å².